The van der Waals surface area contributed by atoms with E-state index >= 15 is 0 Å². The Morgan fingerprint density at radius 2 is 1.61 bits per heavy atom. The number of fused-ring (bicyclic) bond motifs is 1. The van der Waals surface area contributed by atoms with E-state index in [0.717, 1.165) is 47.2 Å². The monoisotopic (exact) mass is 505 g/mol. The summed E-state index contributed by atoms with van der Waals surface area (Å²) < 4.78 is 7.01. The van der Waals surface area contributed by atoms with Gasteiger partial charge in [0.25, 0.3) is 0 Å². The molecule has 2 aromatic carbocycles. The van der Waals surface area contributed by atoms with Gasteiger partial charge in [0.1, 0.15) is 11.5 Å². The molecule has 1 aromatic heterocycles. The predicted octanol–water partition coefficient (Wildman–Crippen LogP) is 7.92. The van der Waals surface area contributed by atoms with Gasteiger partial charge in [-0.1, -0.05) is 38.5 Å². The van der Waals surface area contributed by atoms with Gasteiger partial charge in [-0.25, -0.2) is 0 Å². The van der Waals surface area contributed by atoms with Crippen molar-refractivity contribution in [2.75, 3.05) is 26.2 Å². The average Bonchev–Trinajstić information content (AvgIpc) is 3.10. The maximum absolute atomic E-state index is 13.8. The molecule has 192 valence electrons. The van der Waals surface area contributed by atoms with E-state index in [1.165, 1.54) is 69.3 Å². The smallest absolute Gasteiger partial charge is 0.194 e. The topological polar surface area (TPSA) is 49.8 Å². The summed E-state index contributed by atoms with van der Waals surface area (Å²) in [6.07, 6.45) is 13.7. The van der Waals surface area contributed by atoms with Crippen molar-refractivity contribution in [1.82, 2.24) is 4.90 Å². The van der Waals surface area contributed by atoms with Gasteiger partial charge in [0.2, 0.25) is 0 Å². The molecule has 0 radical (unpaired) electrons. The minimum atomic E-state index is 0.0823. The highest BCUT2D eigenvalue weighted by atomic mass is 32.1. The molecule has 36 heavy (non-hydrogen) atoms. The van der Waals surface area contributed by atoms with E-state index in [4.69, 9.17) is 4.74 Å². The van der Waals surface area contributed by atoms with Crippen LogP contribution in [0.2, 0.25) is 0 Å². The van der Waals surface area contributed by atoms with Crippen molar-refractivity contribution in [3.63, 3.8) is 0 Å². The number of rotatable bonds is 8. The number of carbonyl (C=O) groups is 1. The van der Waals surface area contributed by atoms with Crippen molar-refractivity contribution in [1.29, 1.82) is 0 Å². The molecule has 1 aliphatic carbocycles. The second-order valence-electron chi connectivity index (χ2n) is 10.5. The van der Waals surface area contributed by atoms with Crippen molar-refractivity contribution in [2.24, 2.45) is 0 Å². The quantitative estimate of drug-likeness (QED) is 0.192. The molecule has 2 heterocycles. The molecule has 4 nitrogen and oxygen atoms in total. The molecule has 1 aliphatic heterocycles. The molecule has 0 unspecified atom stereocenters. The Morgan fingerprint density at radius 3 is 2.33 bits per heavy atom. The van der Waals surface area contributed by atoms with E-state index < -0.39 is 0 Å². The van der Waals surface area contributed by atoms with E-state index in [2.05, 4.69) is 4.90 Å². The number of likely N-dealkylation sites (tertiary alicyclic amines) is 1. The summed E-state index contributed by atoms with van der Waals surface area (Å²) in [5, 5.41) is 11.0. The molecular weight excluding hydrogens is 466 g/mol. The lowest BCUT2D eigenvalue weighted by Crippen LogP contribution is -2.26. The molecule has 0 amide bonds. The van der Waals surface area contributed by atoms with Gasteiger partial charge < -0.3 is 14.7 Å². The van der Waals surface area contributed by atoms with Crippen LogP contribution in [0.4, 0.5) is 0 Å². The van der Waals surface area contributed by atoms with Crippen molar-refractivity contribution < 1.29 is 14.6 Å². The molecule has 0 atom stereocenters. The van der Waals surface area contributed by atoms with E-state index in [1.54, 1.807) is 23.5 Å². The third kappa shape index (κ3) is 6.12. The summed E-state index contributed by atoms with van der Waals surface area (Å²) >= 11 is 1.70. The number of hydrogen-bond donors (Lipinski definition) is 1. The van der Waals surface area contributed by atoms with Crippen molar-refractivity contribution in [2.45, 2.75) is 76.5 Å². The Morgan fingerprint density at radius 1 is 0.917 bits per heavy atom. The fraction of sp³-hybridized carbons (Fsp3) is 0.516. The summed E-state index contributed by atoms with van der Waals surface area (Å²) in [6.45, 7) is 4.24. The summed E-state index contributed by atoms with van der Waals surface area (Å²) in [6, 6.07) is 13.1. The molecule has 1 N–H and O–H groups in total. The lowest BCUT2D eigenvalue weighted by molar-refractivity contribution is 0.103. The summed E-state index contributed by atoms with van der Waals surface area (Å²) in [5.74, 6) is 1.59. The van der Waals surface area contributed by atoms with E-state index in [-0.39, 0.29) is 11.5 Å². The molecule has 1 saturated heterocycles. The first-order valence-corrected chi connectivity index (χ1v) is 14.8. The zero-order valence-corrected chi connectivity index (χ0v) is 22.2. The van der Waals surface area contributed by atoms with Gasteiger partial charge in [0, 0.05) is 32.6 Å². The van der Waals surface area contributed by atoms with E-state index in [1.807, 2.05) is 30.3 Å². The van der Waals surface area contributed by atoms with Crippen LogP contribution in [-0.2, 0) is 0 Å². The number of aromatic hydroxyl groups is 1. The number of ketones is 1. The first-order chi connectivity index (χ1) is 17.7. The molecule has 2 fully saturated rings. The maximum Gasteiger partial charge on any atom is 0.194 e. The molecule has 1 saturated carbocycles. The third-order valence-corrected chi connectivity index (χ3v) is 9.17. The Kier molecular flexibility index (Phi) is 8.60. The number of benzene rings is 2. The van der Waals surface area contributed by atoms with Crippen molar-refractivity contribution >= 4 is 27.2 Å². The van der Waals surface area contributed by atoms with Crippen LogP contribution in [-0.4, -0.2) is 42.0 Å². The van der Waals surface area contributed by atoms with Gasteiger partial charge in [-0.3, -0.25) is 4.79 Å². The van der Waals surface area contributed by atoms with Crippen LogP contribution < -0.4 is 4.74 Å². The van der Waals surface area contributed by atoms with Crippen LogP contribution in [0.5, 0.6) is 11.5 Å². The number of phenolic OH excluding ortho intramolecular Hbond substituents is 1. The Hall–Kier alpha value is -2.37. The maximum atomic E-state index is 13.8. The largest absolute Gasteiger partial charge is 0.508 e. The highest BCUT2D eigenvalue weighted by molar-refractivity contribution is 7.19. The minimum absolute atomic E-state index is 0.0823. The first-order valence-electron chi connectivity index (χ1n) is 13.9. The molecule has 5 heteroatoms. The zero-order chi connectivity index (χ0) is 24.7. The average molecular weight is 506 g/mol. The molecule has 3 aromatic rings. The molecule has 2 aliphatic rings. The van der Waals surface area contributed by atoms with Crippen LogP contribution in [0.15, 0.2) is 42.5 Å². The Balaban J connectivity index is 1.28. The normalized spacial score (nSPS) is 18.1. The van der Waals surface area contributed by atoms with Gasteiger partial charge in [-0.05, 0) is 93.6 Å². The van der Waals surface area contributed by atoms with Crippen LogP contribution >= 0.6 is 11.3 Å². The van der Waals surface area contributed by atoms with E-state index in [9.17, 15) is 9.90 Å². The summed E-state index contributed by atoms with van der Waals surface area (Å²) in [7, 11) is 0. The third-order valence-electron chi connectivity index (χ3n) is 7.86. The number of thiophene rings is 1. The Labute approximate surface area is 219 Å². The lowest BCUT2D eigenvalue weighted by atomic mass is 9.91. The number of ether oxygens (including phenoxy) is 1. The molecular formula is C31H39NO3S. The fourth-order valence-corrected chi connectivity index (χ4v) is 7.26. The zero-order valence-electron chi connectivity index (χ0n) is 21.3. The fourth-order valence-electron chi connectivity index (χ4n) is 5.85. The van der Waals surface area contributed by atoms with Gasteiger partial charge >= 0.3 is 0 Å². The highest BCUT2D eigenvalue weighted by Gasteiger charge is 2.26. The van der Waals surface area contributed by atoms with Crippen LogP contribution in [0.25, 0.3) is 10.1 Å². The van der Waals surface area contributed by atoms with Gasteiger partial charge in [0.05, 0.1) is 6.61 Å². The van der Waals surface area contributed by atoms with Gasteiger partial charge in [0.15, 0.2) is 5.78 Å². The second kappa shape index (κ2) is 12.2. The minimum Gasteiger partial charge on any atom is -0.508 e. The molecule has 0 bridgehead atoms. The lowest BCUT2D eigenvalue weighted by Gasteiger charge is -2.19. The number of hydrogen-bond acceptors (Lipinski definition) is 5. The van der Waals surface area contributed by atoms with Crippen molar-refractivity contribution in [3.05, 3.63) is 58.5 Å². The number of carbonyl (C=O) groups excluding carboxylic acids is 1. The second-order valence-corrected chi connectivity index (χ2v) is 11.6. The predicted molar refractivity (Wildman–Crippen MR) is 149 cm³/mol. The Bertz CT molecular complexity index is 1140. The van der Waals surface area contributed by atoms with Crippen molar-refractivity contribution in [3.8, 4) is 11.5 Å². The first kappa shape index (κ1) is 25.3. The standard InChI is InChI=1S/C31H39NO3S/c33-25-14-17-27-28(22-25)36-31(24-10-5-1-2-6-11-24)29(27)30(34)23-12-15-26(16-13-23)35-21-9-20-32-18-7-3-4-8-19-32/h12-17,22,24,33H,1-11,18-21H2. The van der Waals surface area contributed by atoms with Gasteiger partial charge in [-0.2, -0.15) is 0 Å². The van der Waals surface area contributed by atoms with Crippen LogP contribution in [0.1, 0.15) is 97.3 Å². The molecule has 5 rings (SSSR count). The van der Waals surface area contributed by atoms with E-state index in [0.29, 0.717) is 18.1 Å². The SMILES string of the molecule is O=C(c1ccc(OCCCN2CCCCCC2)cc1)c1c(C2CCCCCC2)sc2cc(O)ccc12. The summed E-state index contributed by atoms with van der Waals surface area (Å²) in [5.41, 5.74) is 1.54. The van der Waals surface area contributed by atoms with Crippen LogP contribution in [0, 0.1) is 0 Å². The van der Waals surface area contributed by atoms with Crippen LogP contribution in [0.3, 0.4) is 0 Å². The number of phenols is 1. The summed E-state index contributed by atoms with van der Waals surface area (Å²) in [4.78, 5) is 17.6. The van der Waals surface area contributed by atoms with Gasteiger partial charge in [-0.15, -0.1) is 11.3 Å². The number of nitrogens with zero attached hydrogens (tertiary/aromatic N) is 1. The molecule has 0 spiro atoms. The highest BCUT2D eigenvalue weighted by Crippen LogP contribution is 2.43.